The van der Waals surface area contributed by atoms with Crippen molar-refractivity contribution >= 4 is 15.7 Å². The van der Waals surface area contributed by atoms with Crippen LogP contribution in [0.4, 0.5) is 0 Å². The van der Waals surface area contributed by atoms with E-state index in [1.807, 2.05) is 42.6 Å². The lowest BCUT2D eigenvalue weighted by atomic mass is 10.1. The van der Waals surface area contributed by atoms with Gasteiger partial charge in [0.05, 0.1) is 16.3 Å². The maximum absolute atomic E-state index is 12.4. The summed E-state index contributed by atoms with van der Waals surface area (Å²) < 4.78 is 25.2. The molecular formula is C20H21N3O3S. The van der Waals surface area contributed by atoms with E-state index < -0.39 is 9.84 Å². The molecule has 0 unspecified atom stereocenters. The molecule has 0 saturated heterocycles. The highest BCUT2D eigenvalue weighted by Crippen LogP contribution is 2.15. The Bertz CT molecular complexity index is 1060. The van der Waals surface area contributed by atoms with E-state index in [2.05, 4.69) is 10.4 Å². The summed E-state index contributed by atoms with van der Waals surface area (Å²) in [5.41, 5.74) is 2.93. The Balaban J connectivity index is 1.63. The molecular weight excluding hydrogens is 362 g/mol. The Morgan fingerprint density at radius 1 is 1.11 bits per heavy atom. The van der Waals surface area contributed by atoms with Crippen LogP contribution in [0.2, 0.25) is 0 Å². The SMILES string of the molecule is Cc1ccc(S(C)(=O)=O)cc1C(=O)NCCc1ccn(-c2ccccc2)n1. The molecule has 0 atom stereocenters. The number of rotatable bonds is 6. The minimum atomic E-state index is -3.36. The van der Waals surface area contributed by atoms with Gasteiger partial charge >= 0.3 is 0 Å². The van der Waals surface area contributed by atoms with Crippen LogP contribution < -0.4 is 5.32 Å². The molecule has 0 spiro atoms. The van der Waals surface area contributed by atoms with Crippen LogP contribution in [-0.4, -0.2) is 36.9 Å². The van der Waals surface area contributed by atoms with Crippen LogP contribution in [0.15, 0.2) is 65.7 Å². The number of benzene rings is 2. The first-order valence-corrected chi connectivity index (χ1v) is 10.4. The van der Waals surface area contributed by atoms with Crippen molar-refractivity contribution in [1.82, 2.24) is 15.1 Å². The number of aryl methyl sites for hydroxylation is 1. The molecule has 2 aromatic carbocycles. The first-order valence-electron chi connectivity index (χ1n) is 8.53. The van der Waals surface area contributed by atoms with Crippen LogP contribution >= 0.6 is 0 Å². The lowest BCUT2D eigenvalue weighted by molar-refractivity contribution is 0.0953. The van der Waals surface area contributed by atoms with Crippen molar-refractivity contribution in [2.24, 2.45) is 0 Å². The third-order valence-electron chi connectivity index (χ3n) is 4.21. The van der Waals surface area contributed by atoms with E-state index in [0.717, 1.165) is 23.2 Å². The van der Waals surface area contributed by atoms with E-state index in [1.54, 1.807) is 17.7 Å². The molecule has 7 heteroatoms. The first-order chi connectivity index (χ1) is 12.8. The lowest BCUT2D eigenvalue weighted by Crippen LogP contribution is -2.26. The molecule has 0 aliphatic carbocycles. The van der Waals surface area contributed by atoms with Crippen molar-refractivity contribution in [3.63, 3.8) is 0 Å². The van der Waals surface area contributed by atoms with E-state index in [1.165, 1.54) is 12.1 Å². The number of carbonyl (C=O) groups is 1. The molecule has 6 nitrogen and oxygen atoms in total. The van der Waals surface area contributed by atoms with E-state index in [-0.39, 0.29) is 10.8 Å². The number of amides is 1. The van der Waals surface area contributed by atoms with Crippen molar-refractivity contribution in [1.29, 1.82) is 0 Å². The van der Waals surface area contributed by atoms with Gasteiger partial charge < -0.3 is 5.32 Å². The molecule has 140 valence electrons. The monoisotopic (exact) mass is 383 g/mol. The molecule has 0 radical (unpaired) electrons. The molecule has 0 aliphatic heterocycles. The Labute approximate surface area is 158 Å². The minimum Gasteiger partial charge on any atom is -0.352 e. The maximum atomic E-state index is 12.4. The van der Waals surface area contributed by atoms with Crippen LogP contribution in [-0.2, 0) is 16.3 Å². The molecule has 1 N–H and O–H groups in total. The fourth-order valence-corrected chi connectivity index (χ4v) is 3.34. The predicted octanol–water partition coefficient (Wildman–Crippen LogP) is 2.56. The average molecular weight is 383 g/mol. The molecule has 0 bridgehead atoms. The molecule has 1 heterocycles. The second-order valence-electron chi connectivity index (χ2n) is 6.34. The number of carbonyl (C=O) groups excluding carboxylic acids is 1. The summed E-state index contributed by atoms with van der Waals surface area (Å²) in [5.74, 6) is -0.291. The summed E-state index contributed by atoms with van der Waals surface area (Å²) in [6.45, 7) is 2.19. The number of nitrogens with zero attached hydrogens (tertiary/aromatic N) is 2. The van der Waals surface area contributed by atoms with Gasteiger partial charge in [-0.25, -0.2) is 13.1 Å². The summed E-state index contributed by atoms with van der Waals surface area (Å²) in [5, 5.41) is 7.33. The highest BCUT2D eigenvalue weighted by molar-refractivity contribution is 7.90. The highest BCUT2D eigenvalue weighted by Gasteiger charge is 2.14. The first kappa shape index (κ1) is 18.8. The zero-order chi connectivity index (χ0) is 19.4. The van der Waals surface area contributed by atoms with E-state index in [0.29, 0.717) is 18.5 Å². The third kappa shape index (κ3) is 4.62. The van der Waals surface area contributed by atoms with Crippen LogP contribution in [0, 0.1) is 6.92 Å². The Morgan fingerprint density at radius 3 is 2.56 bits per heavy atom. The quantitative estimate of drug-likeness (QED) is 0.709. The predicted molar refractivity (Wildman–Crippen MR) is 104 cm³/mol. The van der Waals surface area contributed by atoms with Crippen molar-refractivity contribution in [2.75, 3.05) is 12.8 Å². The van der Waals surface area contributed by atoms with Crippen molar-refractivity contribution in [2.45, 2.75) is 18.2 Å². The highest BCUT2D eigenvalue weighted by atomic mass is 32.2. The lowest BCUT2D eigenvalue weighted by Gasteiger charge is -2.09. The third-order valence-corrected chi connectivity index (χ3v) is 5.32. The van der Waals surface area contributed by atoms with Gasteiger partial charge in [0.25, 0.3) is 5.91 Å². The van der Waals surface area contributed by atoms with Crippen LogP contribution in [0.5, 0.6) is 0 Å². The maximum Gasteiger partial charge on any atom is 0.251 e. The number of para-hydroxylation sites is 1. The van der Waals surface area contributed by atoms with E-state index in [4.69, 9.17) is 0 Å². The number of hydrogen-bond acceptors (Lipinski definition) is 4. The molecule has 0 aliphatic rings. The Morgan fingerprint density at radius 2 is 1.85 bits per heavy atom. The Kier molecular flexibility index (Phi) is 5.41. The fourth-order valence-electron chi connectivity index (χ4n) is 2.70. The zero-order valence-corrected chi connectivity index (χ0v) is 16.0. The van der Waals surface area contributed by atoms with Gasteiger partial charge in [0.1, 0.15) is 0 Å². The average Bonchev–Trinajstić information content (AvgIpc) is 3.10. The smallest absolute Gasteiger partial charge is 0.251 e. The second kappa shape index (κ2) is 7.75. The second-order valence-corrected chi connectivity index (χ2v) is 8.36. The molecule has 0 fully saturated rings. The van der Waals surface area contributed by atoms with E-state index in [9.17, 15) is 13.2 Å². The number of nitrogens with one attached hydrogen (secondary N) is 1. The topological polar surface area (TPSA) is 81.1 Å². The fraction of sp³-hybridized carbons (Fsp3) is 0.200. The van der Waals surface area contributed by atoms with Gasteiger partial charge in [0.15, 0.2) is 9.84 Å². The molecule has 1 aromatic heterocycles. The van der Waals surface area contributed by atoms with Gasteiger partial charge in [-0.2, -0.15) is 5.10 Å². The number of hydrogen-bond donors (Lipinski definition) is 1. The van der Waals surface area contributed by atoms with Crippen LogP contribution in [0.1, 0.15) is 21.6 Å². The molecule has 3 rings (SSSR count). The van der Waals surface area contributed by atoms with Crippen LogP contribution in [0.3, 0.4) is 0 Å². The Hall–Kier alpha value is -2.93. The largest absolute Gasteiger partial charge is 0.352 e. The summed E-state index contributed by atoms with van der Waals surface area (Å²) in [4.78, 5) is 12.6. The minimum absolute atomic E-state index is 0.139. The van der Waals surface area contributed by atoms with Gasteiger partial charge in [0, 0.05) is 31.0 Å². The van der Waals surface area contributed by atoms with Crippen molar-refractivity contribution < 1.29 is 13.2 Å². The van der Waals surface area contributed by atoms with Gasteiger partial charge in [-0.1, -0.05) is 24.3 Å². The summed E-state index contributed by atoms with van der Waals surface area (Å²) in [6.07, 6.45) is 3.59. The van der Waals surface area contributed by atoms with E-state index >= 15 is 0 Å². The van der Waals surface area contributed by atoms with Gasteiger partial charge in [-0.05, 0) is 42.8 Å². The zero-order valence-electron chi connectivity index (χ0n) is 15.2. The molecule has 3 aromatic rings. The molecule has 1 amide bonds. The summed E-state index contributed by atoms with van der Waals surface area (Å²) >= 11 is 0. The standard InChI is InChI=1S/C20H21N3O3S/c1-15-8-9-18(27(2,25)26)14-19(15)20(24)21-12-10-16-11-13-23(22-16)17-6-4-3-5-7-17/h3-9,11,13-14H,10,12H2,1-2H3,(H,21,24). The van der Waals surface area contributed by atoms with Crippen molar-refractivity contribution in [3.8, 4) is 5.69 Å². The summed E-state index contributed by atoms with van der Waals surface area (Å²) in [6, 6.07) is 16.3. The normalized spacial score (nSPS) is 11.3. The summed E-state index contributed by atoms with van der Waals surface area (Å²) in [7, 11) is -3.36. The number of sulfone groups is 1. The molecule has 27 heavy (non-hydrogen) atoms. The van der Waals surface area contributed by atoms with Gasteiger partial charge in [-0.15, -0.1) is 0 Å². The number of aromatic nitrogens is 2. The van der Waals surface area contributed by atoms with Crippen molar-refractivity contribution in [3.05, 3.63) is 77.6 Å². The van der Waals surface area contributed by atoms with Crippen LogP contribution in [0.25, 0.3) is 5.69 Å². The molecule has 0 saturated carbocycles. The van der Waals surface area contributed by atoms with Gasteiger partial charge in [-0.3, -0.25) is 4.79 Å². The van der Waals surface area contributed by atoms with Gasteiger partial charge in [0.2, 0.25) is 0 Å².